The van der Waals surface area contributed by atoms with Crippen molar-refractivity contribution >= 4 is 11.8 Å². The third kappa shape index (κ3) is 4.81. The standard InChI is InChI=1S/C18H19F3N4O3/c1-24-16(26)6-5-15(23-24)22-17(27)25-9-7-13(8-10-25)28-14-4-2-3-12(11-14)18(19,20)21/h2-6,11,13H,7-10H2,1H3,(H,22,23,27). The Hall–Kier alpha value is -3.04. The Balaban J connectivity index is 1.53. The number of urea groups is 1. The summed E-state index contributed by atoms with van der Waals surface area (Å²) < 4.78 is 45.1. The fraction of sp³-hybridized carbons (Fsp3) is 0.389. The minimum atomic E-state index is -4.42. The predicted octanol–water partition coefficient (Wildman–Crippen LogP) is 2.87. The van der Waals surface area contributed by atoms with Crippen molar-refractivity contribution in [3.63, 3.8) is 0 Å². The van der Waals surface area contributed by atoms with Gasteiger partial charge in [0.05, 0.1) is 5.56 Å². The van der Waals surface area contributed by atoms with Crippen LogP contribution in [0.1, 0.15) is 18.4 Å². The number of hydrogen-bond acceptors (Lipinski definition) is 4. The van der Waals surface area contributed by atoms with Gasteiger partial charge in [0.15, 0.2) is 5.82 Å². The van der Waals surface area contributed by atoms with Gasteiger partial charge in [-0.15, -0.1) is 0 Å². The van der Waals surface area contributed by atoms with Gasteiger partial charge in [-0.2, -0.15) is 18.3 Å². The number of nitrogens with zero attached hydrogens (tertiary/aromatic N) is 3. The lowest BCUT2D eigenvalue weighted by Gasteiger charge is -2.32. The molecule has 0 radical (unpaired) electrons. The number of nitrogens with one attached hydrogen (secondary N) is 1. The van der Waals surface area contributed by atoms with Crippen molar-refractivity contribution in [1.82, 2.24) is 14.7 Å². The number of carbonyl (C=O) groups is 1. The number of hydrogen-bond donors (Lipinski definition) is 1. The van der Waals surface area contributed by atoms with Gasteiger partial charge >= 0.3 is 12.2 Å². The highest BCUT2D eigenvalue weighted by Crippen LogP contribution is 2.32. The van der Waals surface area contributed by atoms with E-state index < -0.39 is 11.7 Å². The van der Waals surface area contributed by atoms with Gasteiger partial charge < -0.3 is 9.64 Å². The minimum Gasteiger partial charge on any atom is -0.490 e. The highest BCUT2D eigenvalue weighted by atomic mass is 19.4. The lowest BCUT2D eigenvalue weighted by atomic mass is 10.1. The van der Waals surface area contributed by atoms with Crippen LogP contribution >= 0.6 is 0 Å². The van der Waals surface area contributed by atoms with Crippen LogP contribution in [0, 0.1) is 0 Å². The summed E-state index contributed by atoms with van der Waals surface area (Å²) in [4.78, 5) is 25.2. The van der Waals surface area contributed by atoms with Crippen molar-refractivity contribution in [1.29, 1.82) is 0 Å². The molecule has 1 saturated heterocycles. The van der Waals surface area contributed by atoms with Gasteiger partial charge in [0.1, 0.15) is 11.9 Å². The maximum Gasteiger partial charge on any atom is 0.416 e. The Morgan fingerprint density at radius 1 is 1.21 bits per heavy atom. The van der Waals surface area contributed by atoms with Crippen LogP contribution in [0.2, 0.25) is 0 Å². The number of amides is 2. The summed E-state index contributed by atoms with van der Waals surface area (Å²) >= 11 is 0. The Morgan fingerprint density at radius 3 is 2.57 bits per heavy atom. The van der Waals surface area contributed by atoms with Crippen LogP contribution < -0.4 is 15.6 Å². The molecule has 2 heterocycles. The van der Waals surface area contributed by atoms with Gasteiger partial charge in [-0.25, -0.2) is 9.48 Å². The molecule has 150 valence electrons. The molecule has 0 unspecified atom stereocenters. The number of piperidine rings is 1. The largest absolute Gasteiger partial charge is 0.490 e. The number of rotatable bonds is 3. The third-order valence-corrected chi connectivity index (χ3v) is 4.39. The van der Waals surface area contributed by atoms with Crippen molar-refractivity contribution in [2.75, 3.05) is 18.4 Å². The number of alkyl halides is 3. The molecule has 3 rings (SSSR count). The zero-order valence-corrected chi connectivity index (χ0v) is 15.1. The van der Waals surface area contributed by atoms with Crippen molar-refractivity contribution in [2.45, 2.75) is 25.1 Å². The van der Waals surface area contributed by atoms with Crippen LogP contribution in [0.25, 0.3) is 0 Å². The van der Waals surface area contributed by atoms with E-state index in [0.29, 0.717) is 25.9 Å². The summed E-state index contributed by atoms with van der Waals surface area (Å²) in [5.41, 5.74) is -1.04. The van der Waals surface area contributed by atoms with E-state index in [4.69, 9.17) is 4.74 Å². The molecular weight excluding hydrogens is 377 g/mol. The maximum absolute atomic E-state index is 12.8. The van der Waals surface area contributed by atoms with Crippen molar-refractivity contribution in [3.05, 3.63) is 52.3 Å². The van der Waals surface area contributed by atoms with Crippen LogP contribution in [0.15, 0.2) is 41.2 Å². The van der Waals surface area contributed by atoms with Gasteiger partial charge in [0, 0.05) is 39.0 Å². The Kier molecular flexibility index (Phi) is 5.57. The number of aryl methyl sites for hydroxylation is 1. The summed E-state index contributed by atoms with van der Waals surface area (Å²) in [6, 6.07) is 7.13. The topological polar surface area (TPSA) is 76.5 Å². The fourth-order valence-electron chi connectivity index (χ4n) is 2.87. The average molecular weight is 396 g/mol. The van der Waals surface area contributed by atoms with E-state index in [1.807, 2.05) is 0 Å². The SMILES string of the molecule is Cn1nc(NC(=O)N2CCC(Oc3cccc(C(F)(F)F)c3)CC2)ccc1=O. The van der Waals surface area contributed by atoms with Crippen LogP contribution in [0.3, 0.4) is 0 Å². The van der Waals surface area contributed by atoms with Crippen LogP contribution in [-0.2, 0) is 13.2 Å². The summed E-state index contributed by atoms with van der Waals surface area (Å²) in [5.74, 6) is 0.418. The molecule has 1 aromatic carbocycles. The van der Waals surface area contributed by atoms with E-state index in [0.717, 1.165) is 16.8 Å². The van der Waals surface area contributed by atoms with Gasteiger partial charge in [0.25, 0.3) is 5.56 Å². The van der Waals surface area contributed by atoms with E-state index in [1.54, 1.807) is 4.90 Å². The molecule has 0 bridgehead atoms. The average Bonchev–Trinajstić information content (AvgIpc) is 2.65. The molecule has 7 nitrogen and oxygen atoms in total. The molecule has 1 aromatic heterocycles. The number of ether oxygens (including phenoxy) is 1. The van der Waals surface area contributed by atoms with E-state index in [9.17, 15) is 22.8 Å². The summed E-state index contributed by atoms with van der Waals surface area (Å²) in [6.45, 7) is 0.780. The highest BCUT2D eigenvalue weighted by molar-refractivity contribution is 5.88. The second-order valence-corrected chi connectivity index (χ2v) is 6.44. The molecule has 0 atom stereocenters. The van der Waals surface area contributed by atoms with E-state index in [1.165, 1.54) is 31.3 Å². The van der Waals surface area contributed by atoms with E-state index in [2.05, 4.69) is 10.4 Å². The second-order valence-electron chi connectivity index (χ2n) is 6.44. The molecule has 10 heteroatoms. The molecular formula is C18H19F3N4O3. The second kappa shape index (κ2) is 7.91. The first-order valence-electron chi connectivity index (χ1n) is 8.66. The number of benzene rings is 1. The molecule has 28 heavy (non-hydrogen) atoms. The normalized spacial score (nSPS) is 15.4. The number of anilines is 1. The monoisotopic (exact) mass is 396 g/mol. The lowest BCUT2D eigenvalue weighted by molar-refractivity contribution is -0.137. The number of carbonyl (C=O) groups excluding carboxylic acids is 1. The summed E-state index contributed by atoms with van der Waals surface area (Å²) in [7, 11) is 1.48. The van der Waals surface area contributed by atoms with Crippen LogP contribution in [0.5, 0.6) is 5.75 Å². The zero-order valence-electron chi connectivity index (χ0n) is 15.1. The number of likely N-dealkylation sites (tertiary alicyclic amines) is 1. The van der Waals surface area contributed by atoms with Gasteiger partial charge in [-0.1, -0.05) is 6.07 Å². The predicted molar refractivity (Wildman–Crippen MR) is 95.2 cm³/mol. The zero-order chi connectivity index (χ0) is 20.3. The first-order chi connectivity index (χ1) is 13.2. The molecule has 1 N–H and O–H groups in total. The van der Waals surface area contributed by atoms with Gasteiger partial charge in [-0.3, -0.25) is 10.1 Å². The van der Waals surface area contributed by atoms with Crippen LogP contribution in [-0.4, -0.2) is 39.9 Å². The maximum atomic E-state index is 12.8. The first kappa shape index (κ1) is 19.7. The minimum absolute atomic E-state index is 0.159. The molecule has 2 aromatic rings. The van der Waals surface area contributed by atoms with E-state index in [-0.39, 0.29) is 29.3 Å². The third-order valence-electron chi connectivity index (χ3n) is 4.39. The first-order valence-corrected chi connectivity index (χ1v) is 8.66. The van der Waals surface area contributed by atoms with Crippen molar-refractivity contribution < 1.29 is 22.7 Å². The molecule has 1 aliphatic heterocycles. The highest BCUT2D eigenvalue weighted by Gasteiger charge is 2.31. The Morgan fingerprint density at radius 2 is 1.93 bits per heavy atom. The van der Waals surface area contributed by atoms with Gasteiger partial charge in [0.2, 0.25) is 0 Å². The van der Waals surface area contributed by atoms with Gasteiger partial charge in [-0.05, 0) is 24.3 Å². The van der Waals surface area contributed by atoms with Crippen molar-refractivity contribution in [3.8, 4) is 5.75 Å². The quantitative estimate of drug-likeness (QED) is 0.866. The molecule has 0 aliphatic carbocycles. The summed E-state index contributed by atoms with van der Waals surface area (Å²) in [6.07, 6.45) is -3.71. The number of halogens is 3. The van der Waals surface area contributed by atoms with Crippen LogP contribution in [0.4, 0.5) is 23.8 Å². The molecule has 0 spiro atoms. The summed E-state index contributed by atoms with van der Waals surface area (Å²) in [5, 5.41) is 6.55. The smallest absolute Gasteiger partial charge is 0.416 e. The fourth-order valence-corrected chi connectivity index (χ4v) is 2.87. The molecule has 2 amide bonds. The molecule has 0 saturated carbocycles. The Labute approximate surface area is 158 Å². The number of aromatic nitrogens is 2. The molecule has 1 aliphatic rings. The Bertz CT molecular complexity index is 905. The molecule has 1 fully saturated rings. The lowest BCUT2D eigenvalue weighted by Crippen LogP contribution is -2.44. The van der Waals surface area contributed by atoms with E-state index >= 15 is 0 Å². The van der Waals surface area contributed by atoms with Crippen molar-refractivity contribution in [2.24, 2.45) is 7.05 Å².